The van der Waals surface area contributed by atoms with Gasteiger partial charge in [0.1, 0.15) is 5.76 Å². The number of piperidine rings is 2. The lowest BCUT2D eigenvalue weighted by atomic mass is 9.93. The van der Waals surface area contributed by atoms with E-state index in [0.29, 0.717) is 6.04 Å². The Morgan fingerprint density at radius 2 is 1.72 bits per heavy atom. The molecular formula is C34H50N6OS2. The van der Waals surface area contributed by atoms with Gasteiger partial charge in [-0.1, -0.05) is 56.4 Å². The van der Waals surface area contributed by atoms with Gasteiger partial charge in [0.05, 0.1) is 22.4 Å². The minimum atomic E-state index is -0.00942. The second-order valence-corrected chi connectivity index (χ2v) is 16.2. The lowest BCUT2D eigenvalue weighted by Gasteiger charge is -2.42. The number of likely N-dealkylation sites (tertiary alicyclic amines) is 2. The predicted molar refractivity (Wildman–Crippen MR) is 179 cm³/mol. The third kappa shape index (κ3) is 8.42. The van der Waals surface area contributed by atoms with Crippen molar-refractivity contribution in [3.05, 3.63) is 59.4 Å². The summed E-state index contributed by atoms with van der Waals surface area (Å²) in [6, 6.07) is 10.7. The molecule has 0 amide bonds. The van der Waals surface area contributed by atoms with Gasteiger partial charge in [-0.3, -0.25) is 4.90 Å². The van der Waals surface area contributed by atoms with Gasteiger partial charge < -0.3 is 20.0 Å². The van der Waals surface area contributed by atoms with Crippen LogP contribution >= 0.6 is 23.1 Å². The molecule has 0 bridgehead atoms. The molecule has 2 aliphatic heterocycles. The van der Waals surface area contributed by atoms with Gasteiger partial charge in [-0.15, -0.1) is 11.8 Å². The number of benzene rings is 1. The van der Waals surface area contributed by atoms with Gasteiger partial charge in [0.15, 0.2) is 5.13 Å². The van der Waals surface area contributed by atoms with Gasteiger partial charge in [0.25, 0.3) is 0 Å². The number of hydrogen-bond acceptors (Lipinski definition) is 9. The highest BCUT2D eigenvalue weighted by Crippen LogP contribution is 2.40. The normalized spacial score (nSPS) is 20.5. The zero-order chi connectivity index (χ0) is 29.8. The highest BCUT2D eigenvalue weighted by Gasteiger charge is 2.31. The first-order valence-electron chi connectivity index (χ1n) is 16.3. The van der Waals surface area contributed by atoms with Crippen LogP contribution in [0.15, 0.2) is 45.3 Å². The molecule has 9 heteroatoms. The monoisotopic (exact) mass is 622 g/mol. The van der Waals surface area contributed by atoms with Crippen LogP contribution in [0.5, 0.6) is 0 Å². The molecule has 1 unspecified atom stereocenters. The minimum absolute atomic E-state index is 0.00942. The average Bonchev–Trinajstić information content (AvgIpc) is 3.53. The number of thioether (sulfide) groups is 1. The smallest absolute Gasteiger partial charge is 0.204 e. The maximum Gasteiger partial charge on any atom is 0.204 e. The van der Waals surface area contributed by atoms with Gasteiger partial charge in [0, 0.05) is 30.6 Å². The van der Waals surface area contributed by atoms with E-state index in [1.807, 2.05) is 12.4 Å². The van der Waals surface area contributed by atoms with Crippen molar-refractivity contribution < 1.29 is 4.42 Å². The van der Waals surface area contributed by atoms with Crippen LogP contribution in [0.1, 0.15) is 88.1 Å². The Balaban J connectivity index is 0.869. The standard InChI is InChI=1S/C34H50N6OS2/c1-34(2,3)29-20-36-30(41-29)23-42-31-21-38-33(43-31)37-19-24-11-17-40(18-12-24)28-13-15-39(16-14-28)22-25-5-7-26(8-6-25)32(35-4)27-9-10-27/h5-8,20-21,24,27-28,32,35H,9-19,22-23H2,1-4H3,(H,37,38). The van der Waals surface area contributed by atoms with E-state index in [1.165, 1.54) is 80.0 Å². The SMILES string of the molecule is CNC(c1ccc(CN2CCC(N3CCC(CNc4ncc(SCc5ncc(C(C)(C)C)o5)s4)CC3)CC2)cc1)C1CC1. The predicted octanol–water partition coefficient (Wildman–Crippen LogP) is 7.18. The first-order valence-corrected chi connectivity index (χ1v) is 18.1. The van der Waals surface area contributed by atoms with Crippen molar-refractivity contribution in [1.29, 1.82) is 0 Å². The van der Waals surface area contributed by atoms with Crippen LogP contribution in [0.2, 0.25) is 0 Å². The zero-order valence-electron chi connectivity index (χ0n) is 26.5. The lowest BCUT2D eigenvalue weighted by Crippen LogP contribution is -2.48. The number of anilines is 1. The molecule has 1 atom stereocenters. The molecule has 2 N–H and O–H groups in total. The van der Waals surface area contributed by atoms with E-state index in [9.17, 15) is 0 Å². The first-order chi connectivity index (χ1) is 20.8. The fourth-order valence-electron chi connectivity index (χ4n) is 6.65. The maximum absolute atomic E-state index is 5.93. The average molecular weight is 623 g/mol. The van der Waals surface area contributed by atoms with Crippen molar-refractivity contribution >= 4 is 28.2 Å². The highest BCUT2D eigenvalue weighted by molar-refractivity contribution is 8.00. The van der Waals surface area contributed by atoms with Gasteiger partial charge in [-0.25, -0.2) is 9.97 Å². The Morgan fingerprint density at radius 3 is 2.37 bits per heavy atom. The summed E-state index contributed by atoms with van der Waals surface area (Å²) in [5, 5.41) is 8.18. The number of hydrogen-bond donors (Lipinski definition) is 2. The lowest BCUT2D eigenvalue weighted by molar-refractivity contribution is 0.0771. The van der Waals surface area contributed by atoms with E-state index < -0.39 is 0 Å². The zero-order valence-corrected chi connectivity index (χ0v) is 28.1. The van der Waals surface area contributed by atoms with Crippen molar-refractivity contribution in [2.75, 3.05) is 45.1 Å². The van der Waals surface area contributed by atoms with Crippen molar-refractivity contribution in [1.82, 2.24) is 25.1 Å². The molecule has 7 nitrogen and oxygen atoms in total. The van der Waals surface area contributed by atoms with Gasteiger partial charge >= 0.3 is 0 Å². The Morgan fingerprint density at radius 1 is 0.977 bits per heavy atom. The molecule has 2 aromatic heterocycles. The molecule has 2 saturated heterocycles. The van der Waals surface area contributed by atoms with Crippen LogP contribution in [0, 0.1) is 11.8 Å². The van der Waals surface area contributed by atoms with E-state index in [1.54, 1.807) is 23.1 Å². The summed E-state index contributed by atoms with van der Waals surface area (Å²) in [6.45, 7) is 13.4. The van der Waals surface area contributed by atoms with E-state index in [0.717, 1.165) is 53.5 Å². The Bertz CT molecular complexity index is 1280. The number of oxazole rings is 1. The van der Waals surface area contributed by atoms with Crippen LogP contribution in [-0.4, -0.2) is 65.6 Å². The van der Waals surface area contributed by atoms with Gasteiger partial charge in [-0.05, 0) is 94.7 Å². The maximum atomic E-state index is 5.93. The number of aromatic nitrogens is 2. The quantitative estimate of drug-likeness (QED) is 0.206. The molecule has 3 aliphatic rings. The van der Waals surface area contributed by atoms with E-state index >= 15 is 0 Å². The molecule has 0 spiro atoms. The number of rotatable bonds is 12. The fourth-order valence-corrected chi connectivity index (χ4v) is 8.39. The molecule has 43 heavy (non-hydrogen) atoms. The van der Waals surface area contributed by atoms with Crippen molar-refractivity contribution in [2.24, 2.45) is 11.8 Å². The van der Waals surface area contributed by atoms with Crippen molar-refractivity contribution in [3.63, 3.8) is 0 Å². The Labute approximate surface area is 266 Å². The molecule has 3 aromatic rings. The molecule has 1 saturated carbocycles. The van der Waals surface area contributed by atoms with Crippen LogP contribution in [0.25, 0.3) is 0 Å². The van der Waals surface area contributed by atoms with E-state index in [2.05, 4.69) is 82.5 Å². The molecule has 234 valence electrons. The summed E-state index contributed by atoms with van der Waals surface area (Å²) in [5.41, 5.74) is 2.90. The summed E-state index contributed by atoms with van der Waals surface area (Å²) in [5.74, 6) is 4.03. The van der Waals surface area contributed by atoms with Crippen molar-refractivity contribution in [2.45, 2.75) is 93.3 Å². The van der Waals surface area contributed by atoms with Gasteiger partial charge in [0.2, 0.25) is 5.89 Å². The highest BCUT2D eigenvalue weighted by atomic mass is 32.2. The first kappa shape index (κ1) is 31.1. The molecule has 0 radical (unpaired) electrons. The topological polar surface area (TPSA) is 69.5 Å². The largest absolute Gasteiger partial charge is 0.444 e. The van der Waals surface area contributed by atoms with Gasteiger partial charge in [-0.2, -0.15) is 0 Å². The van der Waals surface area contributed by atoms with Crippen LogP contribution in [0.4, 0.5) is 5.13 Å². The summed E-state index contributed by atoms with van der Waals surface area (Å²) < 4.78 is 7.14. The molecule has 6 rings (SSSR count). The molecule has 1 aromatic carbocycles. The summed E-state index contributed by atoms with van der Waals surface area (Å²) in [4.78, 5) is 14.5. The number of nitrogens with zero attached hydrogens (tertiary/aromatic N) is 4. The Kier molecular flexibility index (Phi) is 10.1. The van der Waals surface area contributed by atoms with Crippen LogP contribution < -0.4 is 10.6 Å². The molecule has 1 aliphatic carbocycles. The third-order valence-corrected chi connectivity index (χ3v) is 11.7. The molecule has 3 fully saturated rings. The fraction of sp³-hybridized carbons (Fsp3) is 0.647. The number of thiazole rings is 1. The van der Waals surface area contributed by atoms with E-state index in [4.69, 9.17) is 4.42 Å². The second kappa shape index (κ2) is 14.0. The summed E-state index contributed by atoms with van der Waals surface area (Å²) in [7, 11) is 2.10. The molecule has 4 heterocycles. The molecular weight excluding hydrogens is 573 g/mol. The van der Waals surface area contributed by atoms with Crippen LogP contribution in [0.3, 0.4) is 0 Å². The summed E-state index contributed by atoms with van der Waals surface area (Å²) >= 11 is 3.49. The van der Waals surface area contributed by atoms with Crippen molar-refractivity contribution in [3.8, 4) is 0 Å². The summed E-state index contributed by atoms with van der Waals surface area (Å²) in [6.07, 6.45) is 11.7. The Hall–Kier alpha value is -1.91. The van der Waals surface area contributed by atoms with Crippen LogP contribution in [-0.2, 0) is 17.7 Å². The minimum Gasteiger partial charge on any atom is -0.444 e. The number of nitrogens with one attached hydrogen (secondary N) is 2. The third-order valence-electron chi connectivity index (χ3n) is 9.53. The second-order valence-electron chi connectivity index (χ2n) is 13.9. The van der Waals surface area contributed by atoms with E-state index in [-0.39, 0.29) is 5.41 Å².